The summed E-state index contributed by atoms with van der Waals surface area (Å²) in [4.78, 5) is 15.4. The summed E-state index contributed by atoms with van der Waals surface area (Å²) in [5.41, 5.74) is 9.09. The van der Waals surface area contributed by atoms with E-state index in [9.17, 15) is 4.39 Å². The van der Waals surface area contributed by atoms with Crippen molar-refractivity contribution in [3.05, 3.63) is 53.5 Å². The smallest absolute Gasteiger partial charge is 0.137 e. The number of likely N-dealkylation sites (N-methyl/N-ethyl adjacent to an activating group) is 1. The molecule has 1 aliphatic rings. The van der Waals surface area contributed by atoms with Gasteiger partial charge in [-0.05, 0) is 50.1 Å². The summed E-state index contributed by atoms with van der Waals surface area (Å²) in [6.07, 6.45) is 2.86. The lowest BCUT2D eigenvalue weighted by Gasteiger charge is -2.36. The molecule has 3 aromatic rings. The number of rotatable bonds is 7. The number of halogens is 2. The van der Waals surface area contributed by atoms with E-state index >= 15 is 4.39 Å². The molecular weight excluding hydrogens is 436 g/mol. The Hall–Kier alpha value is -3.07. The van der Waals surface area contributed by atoms with Crippen molar-refractivity contribution in [2.24, 2.45) is 0 Å². The van der Waals surface area contributed by atoms with Gasteiger partial charge >= 0.3 is 0 Å². The molecule has 0 bridgehead atoms. The zero-order chi connectivity index (χ0) is 24.4. The predicted molar refractivity (Wildman–Crippen MR) is 131 cm³/mol. The third-order valence-corrected chi connectivity index (χ3v) is 6.51. The number of benzene rings is 1. The van der Waals surface area contributed by atoms with Gasteiger partial charge in [0.05, 0.1) is 18.2 Å². The topological polar surface area (TPSA) is 84.9 Å². The molecular formula is C25H33F2N7. The number of alkyl halides is 1. The second-order valence-electron chi connectivity index (χ2n) is 9.25. The molecule has 2 aromatic heterocycles. The number of imidazole rings is 1. The molecule has 182 valence electrons. The minimum absolute atomic E-state index is 0.133. The van der Waals surface area contributed by atoms with Gasteiger partial charge in [0.2, 0.25) is 0 Å². The number of piperidine rings is 1. The Kier molecular flexibility index (Phi) is 7.11. The highest BCUT2D eigenvalue weighted by Crippen LogP contribution is 2.36. The first-order valence-electron chi connectivity index (χ1n) is 11.8. The van der Waals surface area contributed by atoms with Crippen molar-refractivity contribution >= 4 is 11.6 Å². The highest BCUT2D eigenvalue weighted by molar-refractivity contribution is 5.60. The Morgan fingerprint density at radius 3 is 2.74 bits per heavy atom. The van der Waals surface area contributed by atoms with Crippen molar-refractivity contribution in [3.63, 3.8) is 0 Å². The van der Waals surface area contributed by atoms with E-state index in [4.69, 9.17) is 10.7 Å². The standard InChI is InChI=1S/C25H33F2N7/c1-15(2)22-23(28)30-14-31-25(22)33-9-7-18(20(27)12-33)24-32-21(13-34(24)10-8-29-4)17-5-6-19(26)16(3)11-17/h5-6,11,13-15,18,20,29H,7-10,12H2,1-4H3,(H2,28,30,31)/t18-,20+/m1/s1. The zero-order valence-electron chi connectivity index (χ0n) is 20.2. The minimum atomic E-state index is -1.12. The maximum atomic E-state index is 15.7. The molecule has 1 aromatic carbocycles. The Balaban J connectivity index is 1.62. The average molecular weight is 470 g/mol. The number of nitrogens with zero attached hydrogens (tertiary/aromatic N) is 5. The Morgan fingerprint density at radius 1 is 1.26 bits per heavy atom. The van der Waals surface area contributed by atoms with Crippen LogP contribution < -0.4 is 16.0 Å². The van der Waals surface area contributed by atoms with Crippen molar-refractivity contribution in [1.82, 2.24) is 24.8 Å². The van der Waals surface area contributed by atoms with E-state index in [1.807, 2.05) is 36.6 Å². The molecule has 0 amide bonds. The third kappa shape index (κ3) is 4.75. The van der Waals surface area contributed by atoms with Crippen LogP contribution in [0, 0.1) is 12.7 Å². The number of nitrogens with two attached hydrogens (primary N) is 1. The quantitative estimate of drug-likeness (QED) is 0.543. The first-order chi connectivity index (χ1) is 16.3. The van der Waals surface area contributed by atoms with Gasteiger partial charge in [-0.2, -0.15) is 0 Å². The maximum absolute atomic E-state index is 15.7. The average Bonchev–Trinajstić information content (AvgIpc) is 3.22. The Bertz CT molecular complexity index is 1140. The number of hydrogen-bond acceptors (Lipinski definition) is 6. The van der Waals surface area contributed by atoms with Crippen LogP contribution in [0.25, 0.3) is 11.3 Å². The largest absolute Gasteiger partial charge is 0.383 e. The molecule has 3 N–H and O–H groups in total. The van der Waals surface area contributed by atoms with Gasteiger partial charge in [-0.15, -0.1) is 0 Å². The van der Waals surface area contributed by atoms with Crippen molar-refractivity contribution in [1.29, 1.82) is 0 Å². The summed E-state index contributed by atoms with van der Waals surface area (Å²) >= 11 is 0. The SMILES string of the molecule is CNCCn1cc(-c2ccc(F)c(C)c2)nc1[C@@H]1CCN(c2ncnc(N)c2C(C)C)C[C@@H]1F. The molecule has 0 aliphatic carbocycles. The minimum Gasteiger partial charge on any atom is -0.383 e. The van der Waals surface area contributed by atoms with E-state index < -0.39 is 6.17 Å². The summed E-state index contributed by atoms with van der Waals surface area (Å²) < 4.78 is 31.5. The fourth-order valence-electron chi connectivity index (χ4n) is 4.67. The van der Waals surface area contributed by atoms with Gasteiger partial charge in [0.1, 0.15) is 35.8 Å². The molecule has 1 aliphatic heterocycles. The first kappa shape index (κ1) is 24.1. The number of aromatic nitrogens is 4. The highest BCUT2D eigenvalue weighted by atomic mass is 19.1. The lowest BCUT2D eigenvalue weighted by molar-refractivity contribution is 0.238. The zero-order valence-corrected chi connectivity index (χ0v) is 20.2. The van der Waals surface area contributed by atoms with Crippen molar-refractivity contribution in [2.75, 3.05) is 37.3 Å². The van der Waals surface area contributed by atoms with Crippen LogP contribution in [0.1, 0.15) is 49.1 Å². The lowest BCUT2D eigenvalue weighted by atomic mass is 9.93. The molecule has 2 atom stereocenters. The van der Waals surface area contributed by atoms with Gasteiger partial charge in [-0.1, -0.05) is 13.8 Å². The summed E-state index contributed by atoms with van der Waals surface area (Å²) in [6, 6.07) is 4.96. The van der Waals surface area contributed by atoms with Gasteiger partial charge in [-0.3, -0.25) is 0 Å². The van der Waals surface area contributed by atoms with E-state index in [1.165, 1.54) is 12.4 Å². The molecule has 3 heterocycles. The van der Waals surface area contributed by atoms with Crippen molar-refractivity contribution < 1.29 is 8.78 Å². The van der Waals surface area contributed by atoms with Gasteiger partial charge in [0.25, 0.3) is 0 Å². The predicted octanol–water partition coefficient (Wildman–Crippen LogP) is 4.04. The second kappa shape index (κ2) is 10.0. The Morgan fingerprint density at radius 2 is 2.06 bits per heavy atom. The second-order valence-corrected chi connectivity index (χ2v) is 9.25. The van der Waals surface area contributed by atoms with E-state index in [-0.39, 0.29) is 24.2 Å². The fraction of sp³-hybridized carbons (Fsp3) is 0.480. The monoisotopic (exact) mass is 469 g/mol. The first-order valence-corrected chi connectivity index (χ1v) is 11.8. The van der Waals surface area contributed by atoms with Crippen molar-refractivity contribution in [3.8, 4) is 11.3 Å². The third-order valence-electron chi connectivity index (χ3n) is 6.51. The normalized spacial score (nSPS) is 18.6. The molecule has 34 heavy (non-hydrogen) atoms. The van der Waals surface area contributed by atoms with Crippen LogP contribution in [0.3, 0.4) is 0 Å². The molecule has 7 nitrogen and oxygen atoms in total. The lowest BCUT2D eigenvalue weighted by Crippen LogP contribution is -2.42. The number of anilines is 2. The summed E-state index contributed by atoms with van der Waals surface area (Å²) in [7, 11) is 1.89. The van der Waals surface area contributed by atoms with Crippen LogP contribution in [0.5, 0.6) is 0 Å². The summed E-state index contributed by atoms with van der Waals surface area (Å²) in [5.74, 6) is 1.43. The van der Waals surface area contributed by atoms with Crippen LogP contribution in [-0.4, -0.2) is 52.4 Å². The molecule has 0 spiro atoms. The summed E-state index contributed by atoms with van der Waals surface area (Å²) in [5, 5.41) is 3.15. The van der Waals surface area contributed by atoms with Crippen molar-refractivity contribution in [2.45, 2.75) is 51.7 Å². The molecule has 9 heteroatoms. The van der Waals surface area contributed by atoms with Crippen LogP contribution in [0.2, 0.25) is 0 Å². The molecule has 1 fully saturated rings. The Labute approximate surface area is 199 Å². The van der Waals surface area contributed by atoms with Gasteiger partial charge in [-0.25, -0.2) is 23.7 Å². The van der Waals surface area contributed by atoms with Crippen LogP contribution in [0.4, 0.5) is 20.4 Å². The van der Waals surface area contributed by atoms with E-state index in [0.717, 1.165) is 29.2 Å². The highest BCUT2D eigenvalue weighted by Gasteiger charge is 2.35. The van der Waals surface area contributed by atoms with E-state index in [0.29, 0.717) is 36.7 Å². The van der Waals surface area contributed by atoms with E-state index in [1.54, 1.807) is 19.1 Å². The molecule has 0 radical (unpaired) electrons. The molecule has 0 saturated carbocycles. The molecule has 4 rings (SSSR count). The van der Waals surface area contributed by atoms with Gasteiger partial charge < -0.3 is 20.5 Å². The maximum Gasteiger partial charge on any atom is 0.137 e. The van der Waals surface area contributed by atoms with Gasteiger partial charge in [0, 0.05) is 37.0 Å². The number of nitrogen functional groups attached to an aromatic ring is 1. The summed E-state index contributed by atoms with van der Waals surface area (Å²) in [6.45, 7) is 8.07. The van der Waals surface area contributed by atoms with Gasteiger partial charge in [0.15, 0.2) is 0 Å². The van der Waals surface area contributed by atoms with Crippen LogP contribution >= 0.6 is 0 Å². The molecule has 1 saturated heterocycles. The number of hydrogen-bond donors (Lipinski definition) is 2. The number of nitrogens with one attached hydrogen (secondary N) is 1. The number of aryl methyl sites for hydroxylation is 1. The molecule has 0 unspecified atom stereocenters. The fourth-order valence-corrected chi connectivity index (χ4v) is 4.67. The van der Waals surface area contributed by atoms with Crippen LogP contribution in [0.15, 0.2) is 30.7 Å². The van der Waals surface area contributed by atoms with E-state index in [2.05, 4.69) is 15.3 Å². The van der Waals surface area contributed by atoms with Crippen LogP contribution in [-0.2, 0) is 6.54 Å².